The summed E-state index contributed by atoms with van der Waals surface area (Å²) < 4.78 is 6.41. The molecular formula is C23H38N6O. The molecule has 0 saturated heterocycles. The fourth-order valence-corrected chi connectivity index (χ4v) is 3.42. The number of nitrogens with zero attached hydrogens (tertiary/aromatic N) is 2. The van der Waals surface area contributed by atoms with Crippen LogP contribution in [0.2, 0.25) is 0 Å². The Balaban J connectivity index is 2.60. The van der Waals surface area contributed by atoms with Crippen molar-refractivity contribution in [2.24, 2.45) is 0 Å². The Morgan fingerprint density at radius 1 is 0.967 bits per heavy atom. The van der Waals surface area contributed by atoms with Gasteiger partial charge in [-0.3, -0.25) is 0 Å². The van der Waals surface area contributed by atoms with Gasteiger partial charge < -0.3 is 30.9 Å². The van der Waals surface area contributed by atoms with E-state index in [1.165, 1.54) is 0 Å². The smallest absolute Gasteiger partial charge is 0.139 e. The molecule has 2 aromatic rings. The van der Waals surface area contributed by atoms with Crippen molar-refractivity contribution < 1.29 is 4.74 Å². The number of benzene rings is 1. The highest BCUT2D eigenvalue weighted by Gasteiger charge is 2.19. The van der Waals surface area contributed by atoms with Gasteiger partial charge in [0.2, 0.25) is 0 Å². The quantitative estimate of drug-likeness (QED) is 0.417. The van der Waals surface area contributed by atoms with Gasteiger partial charge in [-0.05, 0) is 46.0 Å². The number of aromatic nitrogens is 1. The van der Waals surface area contributed by atoms with Gasteiger partial charge in [-0.2, -0.15) is 0 Å². The van der Waals surface area contributed by atoms with E-state index in [0.717, 1.165) is 65.0 Å². The van der Waals surface area contributed by atoms with Gasteiger partial charge in [-0.25, -0.2) is 4.98 Å². The second kappa shape index (κ2) is 10.9. The maximum atomic E-state index is 6.41. The molecule has 2 rings (SSSR count). The summed E-state index contributed by atoms with van der Waals surface area (Å²) >= 11 is 0. The molecule has 0 atom stereocenters. The van der Waals surface area contributed by atoms with Crippen LogP contribution in [0.1, 0.15) is 37.9 Å². The van der Waals surface area contributed by atoms with Crippen LogP contribution in [0.5, 0.6) is 5.75 Å². The van der Waals surface area contributed by atoms with E-state index >= 15 is 0 Å². The van der Waals surface area contributed by atoms with Gasteiger partial charge in [0, 0.05) is 45.1 Å². The van der Waals surface area contributed by atoms with E-state index < -0.39 is 0 Å². The molecule has 0 aliphatic carbocycles. The Morgan fingerprint density at radius 2 is 1.57 bits per heavy atom. The second-order valence-corrected chi connectivity index (χ2v) is 7.70. The van der Waals surface area contributed by atoms with Gasteiger partial charge in [0.25, 0.3) is 0 Å². The van der Waals surface area contributed by atoms with Crippen molar-refractivity contribution in [3.8, 4) is 5.75 Å². The van der Waals surface area contributed by atoms with Crippen molar-refractivity contribution in [3.63, 3.8) is 0 Å². The summed E-state index contributed by atoms with van der Waals surface area (Å²) in [6.45, 7) is 7.05. The molecule has 0 radical (unpaired) electrons. The molecule has 30 heavy (non-hydrogen) atoms. The molecular weight excluding hydrogens is 376 g/mol. The number of hydrogen-bond acceptors (Lipinski definition) is 7. The Kier molecular flexibility index (Phi) is 8.59. The van der Waals surface area contributed by atoms with Crippen LogP contribution in [0.4, 0.5) is 28.6 Å². The normalized spacial score (nSPS) is 11.0. The lowest BCUT2D eigenvalue weighted by molar-refractivity contribution is 0.189. The molecule has 0 amide bonds. The number of aryl methyl sites for hydroxylation is 1. The van der Waals surface area contributed by atoms with Gasteiger partial charge in [0.1, 0.15) is 11.6 Å². The van der Waals surface area contributed by atoms with Crippen LogP contribution in [-0.2, 0) is 6.54 Å². The van der Waals surface area contributed by atoms with Crippen LogP contribution in [0.15, 0.2) is 18.2 Å². The standard InChI is InChI=1S/C23H38N6O/c1-9-17(10-2)30-21-11-15(3)27-23(18(21)14-29(7)8)28-22-19(25-5)12-16(24-4)13-20(22)26-6/h11-13,17,24-26H,9-10,14H2,1-8H3,(H,27,28). The summed E-state index contributed by atoms with van der Waals surface area (Å²) in [7, 11) is 9.88. The van der Waals surface area contributed by atoms with Gasteiger partial charge >= 0.3 is 0 Å². The van der Waals surface area contributed by atoms with E-state index in [1.807, 2.05) is 34.1 Å². The molecule has 166 valence electrons. The molecule has 0 bridgehead atoms. The molecule has 0 aliphatic heterocycles. The molecule has 1 heterocycles. The SMILES string of the molecule is CCC(CC)Oc1cc(C)nc(Nc2c(NC)cc(NC)cc2NC)c1CN(C)C. The highest BCUT2D eigenvalue weighted by Crippen LogP contribution is 2.38. The van der Waals surface area contributed by atoms with Crippen molar-refractivity contribution in [1.82, 2.24) is 9.88 Å². The first-order valence-corrected chi connectivity index (χ1v) is 10.7. The summed E-state index contributed by atoms with van der Waals surface area (Å²) in [5.74, 6) is 1.71. The Morgan fingerprint density at radius 3 is 2.03 bits per heavy atom. The number of nitrogens with one attached hydrogen (secondary N) is 4. The molecule has 0 spiro atoms. The van der Waals surface area contributed by atoms with Crippen LogP contribution >= 0.6 is 0 Å². The summed E-state index contributed by atoms with van der Waals surface area (Å²) in [6.07, 6.45) is 2.14. The minimum atomic E-state index is 0.191. The van der Waals surface area contributed by atoms with Gasteiger partial charge in [0.15, 0.2) is 0 Å². The first-order chi connectivity index (χ1) is 14.4. The van der Waals surface area contributed by atoms with Crippen molar-refractivity contribution >= 4 is 28.6 Å². The molecule has 0 fully saturated rings. The first-order valence-electron chi connectivity index (χ1n) is 10.7. The van der Waals surface area contributed by atoms with Crippen LogP contribution in [0.3, 0.4) is 0 Å². The van der Waals surface area contributed by atoms with Gasteiger partial charge in [-0.1, -0.05) is 13.8 Å². The Bertz CT molecular complexity index is 808. The molecule has 0 saturated carbocycles. The largest absolute Gasteiger partial charge is 0.490 e. The van der Waals surface area contributed by atoms with Crippen molar-refractivity contribution in [3.05, 3.63) is 29.5 Å². The monoisotopic (exact) mass is 414 g/mol. The molecule has 0 unspecified atom stereocenters. The van der Waals surface area contributed by atoms with Crippen molar-refractivity contribution in [2.45, 2.75) is 46.3 Å². The molecule has 4 N–H and O–H groups in total. The number of ether oxygens (including phenoxy) is 1. The number of rotatable bonds is 11. The third-order valence-corrected chi connectivity index (χ3v) is 5.10. The zero-order valence-electron chi connectivity index (χ0n) is 19.7. The lowest BCUT2D eigenvalue weighted by Crippen LogP contribution is -2.19. The minimum absolute atomic E-state index is 0.191. The zero-order valence-corrected chi connectivity index (χ0v) is 19.7. The second-order valence-electron chi connectivity index (χ2n) is 7.70. The number of hydrogen-bond donors (Lipinski definition) is 4. The van der Waals surface area contributed by atoms with E-state index in [1.54, 1.807) is 0 Å². The maximum absolute atomic E-state index is 6.41. The highest BCUT2D eigenvalue weighted by atomic mass is 16.5. The molecule has 1 aromatic carbocycles. The predicted octanol–water partition coefficient (Wildman–Crippen LogP) is 4.89. The van der Waals surface area contributed by atoms with E-state index in [-0.39, 0.29) is 6.10 Å². The van der Waals surface area contributed by atoms with E-state index in [2.05, 4.69) is 66.2 Å². The predicted molar refractivity (Wildman–Crippen MR) is 130 cm³/mol. The summed E-state index contributed by atoms with van der Waals surface area (Å²) in [5.41, 5.74) is 5.91. The Labute approximate surface area is 181 Å². The fraction of sp³-hybridized carbons (Fsp3) is 0.522. The van der Waals surface area contributed by atoms with E-state index in [0.29, 0.717) is 0 Å². The summed E-state index contributed by atoms with van der Waals surface area (Å²) in [6, 6.07) is 6.20. The van der Waals surface area contributed by atoms with Crippen molar-refractivity contribution in [2.75, 3.05) is 56.5 Å². The first kappa shape index (κ1) is 23.6. The zero-order chi connectivity index (χ0) is 22.3. The van der Waals surface area contributed by atoms with Crippen LogP contribution in [0.25, 0.3) is 0 Å². The van der Waals surface area contributed by atoms with Crippen molar-refractivity contribution in [1.29, 1.82) is 0 Å². The number of pyridine rings is 1. The highest BCUT2D eigenvalue weighted by molar-refractivity contribution is 5.89. The summed E-state index contributed by atoms with van der Waals surface area (Å²) in [4.78, 5) is 6.98. The van der Waals surface area contributed by atoms with E-state index in [9.17, 15) is 0 Å². The van der Waals surface area contributed by atoms with Crippen LogP contribution in [0, 0.1) is 6.92 Å². The lowest BCUT2D eigenvalue weighted by atomic mass is 10.1. The average Bonchev–Trinajstić information content (AvgIpc) is 2.73. The molecule has 0 aliphatic rings. The number of anilines is 5. The van der Waals surface area contributed by atoms with Gasteiger partial charge in [-0.15, -0.1) is 0 Å². The third kappa shape index (κ3) is 5.69. The fourth-order valence-electron chi connectivity index (χ4n) is 3.42. The topological polar surface area (TPSA) is 73.5 Å². The molecule has 7 heteroatoms. The van der Waals surface area contributed by atoms with Gasteiger partial charge in [0.05, 0.1) is 28.7 Å². The average molecular weight is 415 g/mol. The van der Waals surface area contributed by atoms with Crippen LogP contribution in [-0.4, -0.2) is 51.2 Å². The van der Waals surface area contributed by atoms with Crippen LogP contribution < -0.4 is 26.0 Å². The Hall–Kier alpha value is -2.67. The lowest BCUT2D eigenvalue weighted by Gasteiger charge is -2.24. The summed E-state index contributed by atoms with van der Waals surface area (Å²) in [5, 5.41) is 13.4. The van der Waals surface area contributed by atoms with E-state index in [4.69, 9.17) is 9.72 Å². The minimum Gasteiger partial charge on any atom is -0.490 e. The molecule has 7 nitrogen and oxygen atoms in total. The maximum Gasteiger partial charge on any atom is 0.139 e. The molecule has 1 aromatic heterocycles. The third-order valence-electron chi connectivity index (χ3n) is 5.10.